The first-order chi connectivity index (χ1) is 11.8. The monoisotopic (exact) mass is 323 g/mol. The standard InChI is InChI=1S/C17H21N7/c1-13(17-19-21-22-24(17)15-7-3-2-4-8-15)18-12-14-11-16-9-5-6-10-23(16)20-14/h2-4,7-8,11,13,18H,5-6,9-10,12H2,1H3. The van der Waals surface area contributed by atoms with E-state index in [2.05, 4.69) is 43.6 Å². The fraction of sp³-hybridized carbons (Fsp3) is 0.412. The lowest BCUT2D eigenvalue weighted by atomic mass is 10.1. The molecule has 0 radical (unpaired) electrons. The molecular formula is C17H21N7. The van der Waals surface area contributed by atoms with Crippen molar-refractivity contribution in [3.05, 3.63) is 53.6 Å². The second-order valence-corrected chi connectivity index (χ2v) is 6.19. The third-order valence-corrected chi connectivity index (χ3v) is 4.44. The Bertz CT molecular complexity index is 782. The van der Waals surface area contributed by atoms with Crippen LogP contribution in [-0.2, 0) is 19.5 Å². The molecule has 0 amide bonds. The maximum absolute atomic E-state index is 4.68. The van der Waals surface area contributed by atoms with Crippen LogP contribution < -0.4 is 5.32 Å². The Morgan fingerprint density at radius 2 is 2.08 bits per heavy atom. The van der Waals surface area contributed by atoms with Crippen LogP contribution in [0.3, 0.4) is 0 Å². The lowest BCUT2D eigenvalue weighted by molar-refractivity contribution is 0.476. The molecule has 1 aliphatic rings. The Hall–Kier alpha value is -2.54. The second-order valence-electron chi connectivity index (χ2n) is 6.19. The van der Waals surface area contributed by atoms with Crippen LogP contribution in [0.25, 0.3) is 5.69 Å². The molecule has 0 saturated heterocycles. The van der Waals surface area contributed by atoms with Gasteiger partial charge in [-0.2, -0.15) is 9.78 Å². The summed E-state index contributed by atoms with van der Waals surface area (Å²) in [7, 11) is 0. The SMILES string of the molecule is CC(NCc1cc2n(n1)CCCC2)c1nnnn1-c1ccccc1. The Morgan fingerprint density at radius 1 is 1.21 bits per heavy atom. The quantitative estimate of drug-likeness (QED) is 0.778. The van der Waals surface area contributed by atoms with Gasteiger partial charge in [-0.25, -0.2) is 0 Å². The molecule has 24 heavy (non-hydrogen) atoms. The minimum absolute atomic E-state index is 0.0268. The van der Waals surface area contributed by atoms with Crippen molar-refractivity contribution in [2.75, 3.05) is 0 Å². The molecule has 0 fully saturated rings. The minimum atomic E-state index is 0.0268. The number of aryl methyl sites for hydroxylation is 2. The van der Waals surface area contributed by atoms with Gasteiger partial charge in [-0.15, -0.1) is 5.10 Å². The number of fused-ring (bicyclic) bond motifs is 1. The van der Waals surface area contributed by atoms with Gasteiger partial charge >= 0.3 is 0 Å². The summed E-state index contributed by atoms with van der Waals surface area (Å²) in [6.07, 6.45) is 3.62. The summed E-state index contributed by atoms with van der Waals surface area (Å²) in [4.78, 5) is 0. The maximum Gasteiger partial charge on any atom is 0.173 e. The Kier molecular flexibility index (Phi) is 4.08. The van der Waals surface area contributed by atoms with Crippen molar-refractivity contribution in [1.29, 1.82) is 0 Å². The molecule has 1 N–H and O–H groups in total. The van der Waals surface area contributed by atoms with Gasteiger partial charge < -0.3 is 5.32 Å². The highest BCUT2D eigenvalue weighted by molar-refractivity contribution is 5.30. The summed E-state index contributed by atoms with van der Waals surface area (Å²) in [5.41, 5.74) is 3.39. The van der Waals surface area contributed by atoms with Gasteiger partial charge in [0.2, 0.25) is 0 Å². The molecule has 124 valence electrons. The van der Waals surface area contributed by atoms with Crippen molar-refractivity contribution in [3.63, 3.8) is 0 Å². The minimum Gasteiger partial charge on any atom is -0.302 e. The van der Waals surface area contributed by atoms with Gasteiger partial charge in [-0.05, 0) is 54.8 Å². The number of nitrogens with one attached hydrogen (secondary N) is 1. The van der Waals surface area contributed by atoms with E-state index in [0.717, 1.165) is 30.2 Å². The molecule has 3 aromatic rings. The van der Waals surface area contributed by atoms with Gasteiger partial charge in [0.15, 0.2) is 5.82 Å². The van der Waals surface area contributed by atoms with Crippen LogP contribution in [-0.4, -0.2) is 30.0 Å². The Labute approximate surface area is 140 Å². The number of hydrogen-bond acceptors (Lipinski definition) is 5. The molecule has 4 rings (SSSR count). The van der Waals surface area contributed by atoms with Crippen molar-refractivity contribution in [2.45, 2.75) is 45.3 Å². The van der Waals surface area contributed by atoms with E-state index in [1.165, 1.54) is 18.5 Å². The largest absolute Gasteiger partial charge is 0.302 e. The highest BCUT2D eigenvalue weighted by atomic mass is 15.5. The van der Waals surface area contributed by atoms with Crippen molar-refractivity contribution in [3.8, 4) is 5.69 Å². The molecule has 1 atom stereocenters. The van der Waals surface area contributed by atoms with Crippen LogP contribution in [0.15, 0.2) is 36.4 Å². The van der Waals surface area contributed by atoms with Crippen LogP contribution >= 0.6 is 0 Å². The number of nitrogens with zero attached hydrogens (tertiary/aromatic N) is 6. The molecular weight excluding hydrogens is 302 g/mol. The second kappa shape index (κ2) is 6.52. The zero-order chi connectivity index (χ0) is 16.4. The molecule has 7 heteroatoms. The van der Waals surface area contributed by atoms with E-state index < -0.39 is 0 Å². The lowest BCUT2D eigenvalue weighted by Crippen LogP contribution is -2.22. The number of benzene rings is 1. The van der Waals surface area contributed by atoms with Gasteiger partial charge in [0.1, 0.15) is 0 Å². The van der Waals surface area contributed by atoms with Gasteiger partial charge in [0.05, 0.1) is 17.4 Å². The van der Waals surface area contributed by atoms with Gasteiger partial charge in [0.25, 0.3) is 0 Å². The number of aromatic nitrogens is 6. The van der Waals surface area contributed by atoms with Crippen molar-refractivity contribution in [1.82, 2.24) is 35.3 Å². The zero-order valence-corrected chi connectivity index (χ0v) is 13.8. The highest BCUT2D eigenvalue weighted by Crippen LogP contribution is 2.17. The summed E-state index contributed by atoms with van der Waals surface area (Å²) in [5.74, 6) is 0.796. The first-order valence-electron chi connectivity index (χ1n) is 8.44. The molecule has 3 heterocycles. The summed E-state index contributed by atoms with van der Waals surface area (Å²) < 4.78 is 3.91. The van der Waals surface area contributed by atoms with E-state index in [0.29, 0.717) is 6.54 Å². The normalized spacial score (nSPS) is 15.2. The van der Waals surface area contributed by atoms with E-state index in [9.17, 15) is 0 Å². The molecule has 1 aromatic carbocycles. The van der Waals surface area contributed by atoms with E-state index >= 15 is 0 Å². The molecule has 0 saturated carbocycles. The van der Waals surface area contributed by atoms with Crippen LogP contribution in [0.4, 0.5) is 0 Å². The number of hydrogen-bond donors (Lipinski definition) is 1. The maximum atomic E-state index is 4.68. The third-order valence-electron chi connectivity index (χ3n) is 4.44. The predicted molar refractivity (Wildman–Crippen MR) is 89.6 cm³/mol. The summed E-state index contributed by atoms with van der Waals surface area (Å²) in [5, 5.41) is 20.3. The van der Waals surface area contributed by atoms with Crippen LogP contribution in [0.1, 0.15) is 43.0 Å². The average molecular weight is 323 g/mol. The van der Waals surface area contributed by atoms with E-state index in [1.54, 1.807) is 4.68 Å². The van der Waals surface area contributed by atoms with Gasteiger partial charge in [0, 0.05) is 18.8 Å². The lowest BCUT2D eigenvalue weighted by Gasteiger charge is -2.13. The number of para-hydroxylation sites is 1. The predicted octanol–water partition coefficient (Wildman–Crippen LogP) is 2.05. The Morgan fingerprint density at radius 3 is 2.92 bits per heavy atom. The van der Waals surface area contributed by atoms with Crippen LogP contribution in [0.2, 0.25) is 0 Å². The summed E-state index contributed by atoms with van der Waals surface area (Å²) in [6, 6.07) is 12.2. The molecule has 0 aliphatic carbocycles. The van der Waals surface area contributed by atoms with Gasteiger partial charge in [-0.3, -0.25) is 4.68 Å². The fourth-order valence-electron chi connectivity index (χ4n) is 3.13. The fourth-order valence-corrected chi connectivity index (χ4v) is 3.13. The first kappa shape index (κ1) is 15.0. The number of rotatable bonds is 5. The molecule has 1 aliphatic heterocycles. The first-order valence-corrected chi connectivity index (χ1v) is 8.44. The average Bonchev–Trinajstić information content (AvgIpc) is 3.27. The van der Waals surface area contributed by atoms with Crippen LogP contribution in [0.5, 0.6) is 0 Å². The smallest absolute Gasteiger partial charge is 0.173 e. The van der Waals surface area contributed by atoms with Crippen LogP contribution in [0, 0.1) is 0 Å². The molecule has 0 bridgehead atoms. The molecule has 0 spiro atoms. The topological polar surface area (TPSA) is 73.5 Å². The highest BCUT2D eigenvalue weighted by Gasteiger charge is 2.17. The van der Waals surface area contributed by atoms with Gasteiger partial charge in [-0.1, -0.05) is 18.2 Å². The third kappa shape index (κ3) is 2.94. The summed E-state index contributed by atoms with van der Waals surface area (Å²) in [6.45, 7) is 3.82. The molecule has 7 nitrogen and oxygen atoms in total. The van der Waals surface area contributed by atoms with Crippen molar-refractivity contribution < 1.29 is 0 Å². The molecule has 1 unspecified atom stereocenters. The zero-order valence-electron chi connectivity index (χ0n) is 13.8. The van der Waals surface area contributed by atoms with E-state index in [1.807, 2.05) is 30.3 Å². The van der Waals surface area contributed by atoms with Crippen molar-refractivity contribution >= 4 is 0 Å². The van der Waals surface area contributed by atoms with E-state index in [-0.39, 0.29) is 6.04 Å². The summed E-state index contributed by atoms with van der Waals surface area (Å²) >= 11 is 0. The molecule has 2 aromatic heterocycles. The van der Waals surface area contributed by atoms with E-state index in [4.69, 9.17) is 0 Å². The number of tetrazole rings is 1. The Balaban J connectivity index is 1.46. The van der Waals surface area contributed by atoms with Crippen molar-refractivity contribution in [2.24, 2.45) is 0 Å².